The van der Waals surface area contributed by atoms with Crippen LogP contribution in [-0.4, -0.2) is 53.0 Å². The highest BCUT2D eigenvalue weighted by Crippen LogP contribution is 2.18. The SMILES string of the molecule is O=C(NC1CCCCC1)c1cnc(N2CCN(Cc3ccccc3)CC2)nc1. The standard InChI is InChI=1S/C22H29N5O/c28-21(25-20-9-5-2-6-10-20)19-15-23-22(24-16-19)27-13-11-26(12-14-27)17-18-7-3-1-4-8-18/h1,3-4,7-8,15-16,20H,2,5-6,9-14,17H2,(H,25,28). The summed E-state index contributed by atoms with van der Waals surface area (Å²) < 4.78 is 0. The van der Waals surface area contributed by atoms with E-state index in [9.17, 15) is 4.79 Å². The number of piperazine rings is 1. The van der Waals surface area contributed by atoms with Crippen LogP contribution in [0.25, 0.3) is 0 Å². The topological polar surface area (TPSA) is 61.4 Å². The highest BCUT2D eigenvalue weighted by Gasteiger charge is 2.20. The van der Waals surface area contributed by atoms with E-state index in [1.54, 1.807) is 12.4 Å². The highest BCUT2D eigenvalue weighted by atomic mass is 16.1. The highest BCUT2D eigenvalue weighted by molar-refractivity contribution is 5.93. The summed E-state index contributed by atoms with van der Waals surface area (Å²) in [6, 6.07) is 10.9. The minimum Gasteiger partial charge on any atom is -0.349 e. The molecule has 1 amide bonds. The Labute approximate surface area is 167 Å². The summed E-state index contributed by atoms with van der Waals surface area (Å²) in [7, 11) is 0. The fourth-order valence-electron chi connectivity index (χ4n) is 4.07. The van der Waals surface area contributed by atoms with Gasteiger partial charge in [-0.05, 0) is 18.4 Å². The van der Waals surface area contributed by atoms with Crippen molar-refractivity contribution in [3.05, 3.63) is 53.9 Å². The Morgan fingerprint density at radius 1 is 0.964 bits per heavy atom. The van der Waals surface area contributed by atoms with Gasteiger partial charge in [0.1, 0.15) is 0 Å². The van der Waals surface area contributed by atoms with Gasteiger partial charge in [-0.25, -0.2) is 9.97 Å². The Balaban J connectivity index is 1.28. The second kappa shape index (κ2) is 9.15. The van der Waals surface area contributed by atoms with E-state index in [0.717, 1.165) is 45.6 Å². The maximum absolute atomic E-state index is 12.4. The van der Waals surface area contributed by atoms with Gasteiger partial charge in [-0.2, -0.15) is 0 Å². The molecule has 0 unspecified atom stereocenters. The van der Waals surface area contributed by atoms with Crippen molar-refractivity contribution in [2.75, 3.05) is 31.1 Å². The summed E-state index contributed by atoms with van der Waals surface area (Å²) in [5.41, 5.74) is 1.90. The van der Waals surface area contributed by atoms with Crippen LogP contribution in [0.1, 0.15) is 48.0 Å². The van der Waals surface area contributed by atoms with E-state index in [1.807, 2.05) is 0 Å². The minimum absolute atomic E-state index is 0.0499. The average molecular weight is 380 g/mol. The first kappa shape index (κ1) is 18.9. The molecule has 0 radical (unpaired) electrons. The quantitative estimate of drug-likeness (QED) is 0.866. The number of rotatable bonds is 5. The fraction of sp³-hybridized carbons (Fsp3) is 0.500. The zero-order valence-corrected chi connectivity index (χ0v) is 16.4. The molecule has 0 spiro atoms. The van der Waals surface area contributed by atoms with E-state index in [0.29, 0.717) is 17.6 Å². The second-order valence-corrected chi connectivity index (χ2v) is 7.83. The largest absolute Gasteiger partial charge is 0.349 e. The molecular formula is C22H29N5O. The number of anilines is 1. The van der Waals surface area contributed by atoms with Gasteiger partial charge in [0.25, 0.3) is 5.91 Å². The molecule has 1 aromatic carbocycles. The van der Waals surface area contributed by atoms with Crippen molar-refractivity contribution in [2.45, 2.75) is 44.7 Å². The summed E-state index contributed by atoms with van der Waals surface area (Å²) in [5, 5.41) is 3.12. The van der Waals surface area contributed by atoms with Crippen LogP contribution in [0.15, 0.2) is 42.7 Å². The lowest BCUT2D eigenvalue weighted by molar-refractivity contribution is 0.0927. The summed E-state index contributed by atoms with van der Waals surface area (Å²) in [4.78, 5) is 26.0. The molecule has 2 fully saturated rings. The molecule has 2 aliphatic rings. The summed E-state index contributed by atoms with van der Waals surface area (Å²) in [5.74, 6) is 0.666. The molecule has 4 rings (SSSR count). The van der Waals surface area contributed by atoms with Crippen molar-refractivity contribution in [3.63, 3.8) is 0 Å². The van der Waals surface area contributed by atoms with Crippen molar-refractivity contribution in [2.24, 2.45) is 0 Å². The lowest BCUT2D eigenvalue weighted by atomic mass is 9.95. The number of benzene rings is 1. The van der Waals surface area contributed by atoms with Crippen LogP contribution in [0.2, 0.25) is 0 Å². The number of carbonyl (C=O) groups excluding carboxylic acids is 1. The number of hydrogen-bond acceptors (Lipinski definition) is 5. The Kier molecular flexibility index (Phi) is 6.17. The molecule has 2 heterocycles. The average Bonchev–Trinajstić information content (AvgIpc) is 2.76. The Hall–Kier alpha value is -2.47. The predicted octanol–water partition coefficient (Wildman–Crippen LogP) is 2.86. The van der Waals surface area contributed by atoms with E-state index < -0.39 is 0 Å². The van der Waals surface area contributed by atoms with Crippen LogP contribution in [0.3, 0.4) is 0 Å². The number of nitrogens with one attached hydrogen (secondary N) is 1. The van der Waals surface area contributed by atoms with E-state index in [2.05, 4.69) is 55.4 Å². The van der Waals surface area contributed by atoms with Gasteiger partial charge < -0.3 is 10.2 Å². The Bertz CT molecular complexity index is 750. The van der Waals surface area contributed by atoms with Crippen molar-refractivity contribution in [1.29, 1.82) is 0 Å². The van der Waals surface area contributed by atoms with Crippen molar-refractivity contribution >= 4 is 11.9 Å². The van der Waals surface area contributed by atoms with Gasteiger partial charge in [0.2, 0.25) is 5.95 Å². The Morgan fingerprint density at radius 3 is 2.32 bits per heavy atom. The first-order valence-electron chi connectivity index (χ1n) is 10.4. The van der Waals surface area contributed by atoms with Gasteiger partial charge in [-0.3, -0.25) is 9.69 Å². The molecule has 6 nitrogen and oxygen atoms in total. The molecule has 148 valence electrons. The molecule has 0 atom stereocenters. The van der Waals surface area contributed by atoms with Gasteiger partial charge in [0, 0.05) is 51.2 Å². The van der Waals surface area contributed by atoms with Gasteiger partial charge in [0.15, 0.2) is 0 Å². The van der Waals surface area contributed by atoms with E-state index in [4.69, 9.17) is 0 Å². The van der Waals surface area contributed by atoms with E-state index in [1.165, 1.54) is 24.8 Å². The molecule has 1 saturated carbocycles. The normalized spacial score (nSPS) is 18.8. The second-order valence-electron chi connectivity index (χ2n) is 7.83. The first-order valence-corrected chi connectivity index (χ1v) is 10.4. The molecule has 0 bridgehead atoms. The molecule has 1 N–H and O–H groups in total. The van der Waals surface area contributed by atoms with Gasteiger partial charge in [-0.15, -0.1) is 0 Å². The van der Waals surface area contributed by atoms with E-state index in [-0.39, 0.29) is 5.91 Å². The van der Waals surface area contributed by atoms with Crippen LogP contribution >= 0.6 is 0 Å². The third-order valence-electron chi connectivity index (χ3n) is 5.74. The number of nitrogens with zero attached hydrogens (tertiary/aromatic N) is 4. The number of amides is 1. The molecule has 28 heavy (non-hydrogen) atoms. The molecule has 2 aromatic rings. The first-order chi connectivity index (χ1) is 13.8. The summed E-state index contributed by atoms with van der Waals surface area (Å²) in [6.45, 7) is 4.76. The van der Waals surface area contributed by atoms with Gasteiger partial charge in [0.05, 0.1) is 5.56 Å². The van der Waals surface area contributed by atoms with Crippen LogP contribution in [0.5, 0.6) is 0 Å². The zero-order valence-electron chi connectivity index (χ0n) is 16.4. The van der Waals surface area contributed by atoms with E-state index >= 15 is 0 Å². The summed E-state index contributed by atoms with van der Waals surface area (Å²) >= 11 is 0. The van der Waals surface area contributed by atoms with Crippen molar-refractivity contribution in [3.8, 4) is 0 Å². The van der Waals surface area contributed by atoms with Crippen LogP contribution in [0, 0.1) is 0 Å². The Morgan fingerprint density at radius 2 is 1.64 bits per heavy atom. The lowest BCUT2D eigenvalue weighted by Gasteiger charge is -2.34. The molecular weight excluding hydrogens is 350 g/mol. The fourth-order valence-corrected chi connectivity index (χ4v) is 4.07. The lowest BCUT2D eigenvalue weighted by Crippen LogP contribution is -2.46. The number of hydrogen-bond donors (Lipinski definition) is 1. The monoisotopic (exact) mass is 379 g/mol. The number of aromatic nitrogens is 2. The molecule has 1 aliphatic heterocycles. The third kappa shape index (κ3) is 4.87. The van der Waals surface area contributed by atoms with Crippen LogP contribution in [0.4, 0.5) is 5.95 Å². The third-order valence-corrected chi connectivity index (χ3v) is 5.74. The van der Waals surface area contributed by atoms with Crippen molar-refractivity contribution in [1.82, 2.24) is 20.2 Å². The van der Waals surface area contributed by atoms with Crippen LogP contribution in [-0.2, 0) is 6.54 Å². The number of carbonyl (C=O) groups is 1. The minimum atomic E-state index is -0.0499. The molecule has 1 aromatic heterocycles. The smallest absolute Gasteiger partial charge is 0.254 e. The summed E-state index contributed by atoms with van der Waals surface area (Å²) in [6.07, 6.45) is 9.18. The van der Waals surface area contributed by atoms with Crippen molar-refractivity contribution < 1.29 is 4.79 Å². The molecule has 6 heteroatoms. The van der Waals surface area contributed by atoms with Gasteiger partial charge in [-0.1, -0.05) is 49.6 Å². The maximum Gasteiger partial charge on any atom is 0.254 e. The molecule has 1 aliphatic carbocycles. The van der Waals surface area contributed by atoms with Crippen LogP contribution < -0.4 is 10.2 Å². The molecule has 1 saturated heterocycles. The zero-order chi connectivity index (χ0) is 19.2. The maximum atomic E-state index is 12.4. The van der Waals surface area contributed by atoms with Gasteiger partial charge >= 0.3 is 0 Å². The predicted molar refractivity (Wildman–Crippen MR) is 110 cm³/mol.